The van der Waals surface area contributed by atoms with Gasteiger partial charge in [0.05, 0.1) is 11.9 Å². The van der Waals surface area contributed by atoms with Gasteiger partial charge in [0.25, 0.3) is 5.91 Å². The van der Waals surface area contributed by atoms with Gasteiger partial charge in [-0.3, -0.25) is 4.79 Å². The number of hydrogen-bond donors (Lipinski definition) is 2. The summed E-state index contributed by atoms with van der Waals surface area (Å²) in [4.78, 5) is 21.1. The predicted octanol–water partition coefficient (Wildman–Crippen LogP) is 2.96. The van der Waals surface area contributed by atoms with E-state index in [4.69, 9.17) is 0 Å². The number of aromatic nitrogens is 1. The predicted molar refractivity (Wildman–Crippen MR) is 111 cm³/mol. The standard InChI is InChI=1S/C21H29N5O/c1-16(2)14-23-21(27)20-9-6-18(15-22-20)24-17-4-7-19(8-5-17)26-12-10-25(3)11-13-26/h4-9,15-16,24H,10-14H2,1-3H3,(H,23,27). The van der Waals surface area contributed by atoms with Gasteiger partial charge < -0.3 is 20.4 Å². The minimum absolute atomic E-state index is 0.133. The van der Waals surface area contributed by atoms with Gasteiger partial charge >= 0.3 is 0 Å². The first-order valence-corrected chi connectivity index (χ1v) is 9.56. The molecule has 144 valence electrons. The number of nitrogens with zero attached hydrogens (tertiary/aromatic N) is 3. The average Bonchev–Trinajstić information content (AvgIpc) is 2.68. The van der Waals surface area contributed by atoms with Crippen LogP contribution in [-0.2, 0) is 0 Å². The first kappa shape index (κ1) is 19.2. The Morgan fingerprint density at radius 3 is 2.30 bits per heavy atom. The summed E-state index contributed by atoms with van der Waals surface area (Å²) in [7, 11) is 2.16. The average molecular weight is 367 g/mol. The summed E-state index contributed by atoms with van der Waals surface area (Å²) in [5.74, 6) is 0.287. The maximum atomic E-state index is 12.0. The highest BCUT2D eigenvalue weighted by Crippen LogP contribution is 2.22. The van der Waals surface area contributed by atoms with Crippen molar-refractivity contribution < 1.29 is 4.79 Å². The van der Waals surface area contributed by atoms with Gasteiger partial charge in [-0.05, 0) is 49.4 Å². The van der Waals surface area contributed by atoms with E-state index in [9.17, 15) is 4.79 Å². The summed E-state index contributed by atoms with van der Waals surface area (Å²) in [5, 5.41) is 6.21. The van der Waals surface area contributed by atoms with Crippen LogP contribution in [0.3, 0.4) is 0 Å². The minimum Gasteiger partial charge on any atom is -0.369 e. The molecule has 0 radical (unpaired) electrons. The number of benzene rings is 1. The molecule has 27 heavy (non-hydrogen) atoms. The number of pyridine rings is 1. The Bertz CT molecular complexity index is 734. The summed E-state index contributed by atoms with van der Waals surface area (Å²) in [6, 6.07) is 12.1. The molecule has 3 rings (SSSR count). The number of anilines is 3. The van der Waals surface area contributed by atoms with Crippen LogP contribution in [0.1, 0.15) is 24.3 Å². The lowest BCUT2D eigenvalue weighted by Crippen LogP contribution is -2.44. The van der Waals surface area contributed by atoms with Crippen LogP contribution in [0.15, 0.2) is 42.6 Å². The van der Waals surface area contributed by atoms with Crippen molar-refractivity contribution >= 4 is 23.0 Å². The minimum atomic E-state index is -0.133. The van der Waals surface area contributed by atoms with Crippen LogP contribution in [0, 0.1) is 5.92 Å². The molecular weight excluding hydrogens is 338 g/mol. The van der Waals surface area contributed by atoms with Crippen molar-refractivity contribution in [2.75, 3.05) is 50.0 Å². The second kappa shape index (κ2) is 8.86. The molecule has 2 aromatic rings. The topological polar surface area (TPSA) is 60.5 Å². The second-order valence-electron chi connectivity index (χ2n) is 7.50. The van der Waals surface area contributed by atoms with Crippen molar-refractivity contribution in [2.24, 2.45) is 5.92 Å². The fourth-order valence-electron chi connectivity index (χ4n) is 2.98. The van der Waals surface area contributed by atoms with E-state index in [-0.39, 0.29) is 5.91 Å². The van der Waals surface area contributed by atoms with Crippen LogP contribution in [-0.4, -0.2) is 55.6 Å². The van der Waals surface area contributed by atoms with E-state index in [1.807, 2.05) is 6.07 Å². The van der Waals surface area contributed by atoms with Crippen molar-refractivity contribution in [3.63, 3.8) is 0 Å². The summed E-state index contributed by atoms with van der Waals surface area (Å²) in [5.41, 5.74) is 3.56. The van der Waals surface area contributed by atoms with Gasteiger partial charge in [-0.25, -0.2) is 4.98 Å². The lowest BCUT2D eigenvalue weighted by Gasteiger charge is -2.34. The monoisotopic (exact) mass is 367 g/mol. The molecule has 1 aromatic heterocycles. The zero-order valence-corrected chi connectivity index (χ0v) is 16.4. The number of carbonyl (C=O) groups excluding carboxylic acids is 1. The Kier molecular flexibility index (Phi) is 6.29. The number of carbonyl (C=O) groups is 1. The third-order valence-corrected chi connectivity index (χ3v) is 4.69. The molecule has 0 bridgehead atoms. The smallest absolute Gasteiger partial charge is 0.269 e. The Morgan fingerprint density at radius 1 is 1.04 bits per heavy atom. The molecule has 2 N–H and O–H groups in total. The third-order valence-electron chi connectivity index (χ3n) is 4.69. The SMILES string of the molecule is CC(C)CNC(=O)c1ccc(Nc2ccc(N3CCN(C)CC3)cc2)cn1. The van der Waals surface area contributed by atoms with E-state index >= 15 is 0 Å². The second-order valence-corrected chi connectivity index (χ2v) is 7.50. The first-order valence-electron chi connectivity index (χ1n) is 9.56. The van der Waals surface area contributed by atoms with Gasteiger partial charge in [0.2, 0.25) is 0 Å². The molecule has 1 aliphatic heterocycles. The van der Waals surface area contributed by atoms with Crippen LogP contribution >= 0.6 is 0 Å². The number of rotatable bonds is 6. The molecule has 1 fully saturated rings. The Morgan fingerprint density at radius 2 is 1.70 bits per heavy atom. The Hall–Kier alpha value is -2.60. The van der Waals surface area contributed by atoms with Crippen molar-refractivity contribution in [3.05, 3.63) is 48.3 Å². The molecule has 2 heterocycles. The van der Waals surface area contributed by atoms with E-state index in [0.717, 1.165) is 37.6 Å². The van der Waals surface area contributed by atoms with Crippen LogP contribution in [0.2, 0.25) is 0 Å². The molecule has 0 unspecified atom stereocenters. The highest BCUT2D eigenvalue weighted by Gasteiger charge is 2.14. The van der Waals surface area contributed by atoms with Gasteiger partial charge in [-0.15, -0.1) is 0 Å². The van der Waals surface area contributed by atoms with Gasteiger partial charge in [-0.1, -0.05) is 13.8 Å². The highest BCUT2D eigenvalue weighted by molar-refractivity contribution is 5.92. The number of hydrogen-bond acceptors (Lipinski definition) is 5. The molecule has 6 heteroatoms. The van der Waals surface area contributed by atoms with E-state index < -0.39 is 0 Å². The molecule has 1 saturated heterocycles. The van der Waals surface area contributed by atoms with Gasteiger partial charge in [-0.2, -0.15) is 0 Å². The molecule has 0 saturated carbocycles. The van der Waals surface area contributed by atoms with Crippen molar-refractivity contribution in [1.82, 2.24) is 15.2 Å². The molecule has 0 spiro atoms. The van der Waals surface area contributed by atoms with Gasteiger partial charge in [0.15, 0.2) is 0 Å². The number of likely N-dealkylation sites (N-methyl/N-ethyl adjacent to an activating group) is 1. The fraction of sp³-hybridized carbons (Fsp3) is 0.429. The van der Waals surface area contributed by atoms with E-state index in [1.54, 1.807) is 12.3 Å². The molecule has 1 amide bonds. The van der Waals surface area contributed by atoms with Gasteiger partial charge in [0, 0.05) is 44.1 Å². The van der Waals surface area contributed by atoms with E-state index in [2.05, 4.69) is 70.6 Å². The molecule has 0 atom stereocenters. The van der Waals surface area contributed by atoms with Crippen LogP contribution < -0.4 is 15.5 Å². The summed E-state index contributed by atoms with van der Waals surface area (Å²) >= 11 is 0. The zero-order valence-electron chi connectivity index (χ0n) is 16.4. The largest absolute Gasteiger partial charge is 0.369 e. The quantitative estimate of drug-likeness (QED) is 0.822. The Balaban J connectivity index is 1.56. The summed E-state index contributed by atoms with van der Waals surface area (Å²) in [6.07, 6.45) is 1.69. The Labute approximate surface area is 161 Å². The third kappa shape index (κ3) is 5.44. The lowest BCUT2D eigenvalue weighted by atomic mass is 10.2. The number of nitrogens with one attached hydrogen (secondary N) is 2. The van der Waals surface area contributed by atoms with Crippen LogP contribution in [0.25, 0.3) is 0 Å². The molecule has 1 aliphatic rings. The molecular formula is C21H29N5O. The van der Waals surface area contributed by atoms with Crippen molar-refractivity contribution in [2.45, 2.75) is 13.8 Å². The normalized spacial score (nSPS) is 15.0. The van der Waals surface area contributed by atoms with E-state index in [1.165, 1.54) is 5.69 Å². The molecule has 0 aliphatic carbocycles. The van der Waals surface area contributed by atoms with Crippen LogP contribution in [0.4, 0.5) is 17.1 Å². The lowest BCUT2D eigenvalue weighted by molar-refractivity contribution is 0.0944. The molecule has 1 aromatic carbocycles. The van der Waals surface area contributed by atoms with Crippen molar-refractivity contribution in [1.29, 1.82) is 0 Å². The van der Waals surface area contributed by atoms with Gasteiger partial charge in [0.1, 0.15) is 5.69 Å². The maximum Gasteiger partial charge on any atom is 0.269 e. The molecule has 6 nitrogen and oxygen atoms in total. The summed E-state index contributed by atoms with van der Waals surface area (Å²) in [6.45, 7) is 9.11. The zero-order chi connectivity index (χ0) is 19.2. The van der Waals surface area contributed by atoms with Crippen LogP contribution in [0.5, 0.6) is 0 Å². The van der Waals surface area contributed by atoms with Crippen molar-refractivity contribution in [3.8, 4) is 0 Å². The number of piperazine rings is 1. The fourth-order valence-corrected chi connectivity index (χ4v) is 2.98. The van der Waals surface area contributed by atoms with E-state index in [0.29, 0.717) is 18.2 Å². The number of amides is 1. The first-order chi connectivity index (χ1) is 13.0. The maximum absolute atomic E-state index is 12.0. The highest BCUT2D eigenvalue weighted by atomic mass is 16.1. The summed E-state index contributed by atoms with van der Waals surface area (Å²) < 4.78 is 0.